The van der Waals surface area contributed by atoms with Crippen molar-refractivity contribution >= 4 is 5.69 Å². The number of aliphatic hydroxyl groups is 1. The first-order valence-electron chi connectivity index (χ1n) is 7.24. The molecule has 2 rings (SSSR count). The number of aliphatic hydroxyl groups excluding tert-OH is 1. The van der Waals surface area contributed by atoms with Crippen LogP contribution in [-0.4, -0.2) is 17.8 Å². The number of nitrogen functional groups attached to an aromatic ring is 1. The molecule has 0 saturated carbocycles. The van der Waals surface area contributed by atoms with Crippen LogP contribution in [0.1, 0.15) is 11.1 Å². The van der Waals surface area contributed by atoms with Gasteiger partial charge in [-0.15, -0.1) is 0 Å². The number of hydrogen-bond acceptors (Lipinski definition) is 4. The fourth-order valence-electron chi connectivity index (χ4n) is 2.13. The molecule has 0 radical (unpaired) electrons. The van der Waals surface area contributed by atoms with Crippen LogP contribution in [0, 0.1) is 0 Å². The van der Waals surface area contributed by atoms with Crippen LogP contribution >= 0.6 is 0 Å². The summed E-state index contributed by atoms with van der Waals surface area (Å²) in [7, 11) is 0. The van der Waals surface area contributed by atoms with Crippen molar-refractivity contribution in [3.8, 4) is 5.75 Å². The topological polar surface area (TPSA) is 81.5 Å². The summed E-state index contributed by atoms with van der Waals surface area (Å²) in [6, 6.07) is 15.1. The fourth-order valence-corrected chi connectivity index (χ4v) is 2.13. The Morgan fingerprint density at radius 1 is 1.14 bits per heavy atom. The Balaban J connectivity index is 1.82. The van der Waals surface area contributed by atoms with Crippen LogP contribution in [0.4, 0.5) is 5.69 Å². The van der Waals surface area contributed by atoms with Gasteiger partial charge in [0.1, 0.15) is 11.5 Å². The minimum absolute atomic E-state index is 0.00228. The number of rotatable bonds is 7. The maximum Gasteiger partial charge on any atom is 0.119 e. The van der Waals surface area contributed by atoms with E-state index in [9.17, 15) is 5.11 Å². The molecule has 1 unspecified atom stereocenters. The lowest BCUT2D eigenvalue weighted by atomic mass is 10.1. The van der Waals surface area contributed by atoms with E-state index < -0.39 is 6.04 Å². The molecular formula is C18H22N2O2. The van der Waals surface area contributed by atoms with E-state index in [4.69, 9.17) is 16.2 Å². The van der Waals surface area contributed by atoms with Gasteiger partial charge in [0.05, 0.1) is 12.6 Å². The average Bonchev–Trinajstić information content (AvgIpc) is 2.49. The Hall–Kier alpha value is -2.46. The summed E-state index contributed by atoms with van der Waals surface area (Å²) in [6.45, 7) is 4.03. The molecule has 0 saturated heterocycles. The predicted octanol–water partition coefficient (Wildman–Crippen LogP) is 2.83. The fraction of sp³-hybridized carbons (Fsp3) is 0.222. The van der Waals surface area contributed by atoms with Gasteiger partial charge in [0.2, 0.25) is 0 Å². The molecule has 0 spiro atoms. The lowest BCUT2D eigenvalue weighted by Crippen LogP contribution is -2.24. The van der Waals surface area contributed by atoms with E-state index in [1.54, 1.807) is 0 Å². The molecule has 0 amide bonds. The first kappa shape index (κ1) is 15.9. The summed E-state index contributed by atoms with van der Waals surface area (Å²) in [5, 5.41) is 9.23. The van der Waals surface area contributed by atoms with Gasteiger partial charge in [-0.25, -0.2) is 0 Å². The zero-order chi connectivity index (χ0) is 15.9. The van der Waals surface area contributed by atoms with Crippen LogP contribution < -0.4 is 16.2 Å². The normalized spacial score (nSPS) is 11.9. The Morgan fingerprint density at radius 3 is 2.50 bits per heavy atom. The third-order valence-corrected chi connectivity index (χ3v) is 3.42. The number of hydrogen-bond donors (Lipinski definition) is 3. The first-order valence-corrected chi connectivity index (χ1v) is 7.24. The molecule has 0 fully saturated rings. The molecule has 116 valence electrons. The van der Waals surface area contributed by atoms with Gasteiger partial charge in [-0.05, 0) is 41.8 Å². The van der Waals surface area contributed by atoms with Crippen molar-refractivity contribution in [1.82, 2.24) is 0 Å². The summed E-state index contributed by atoms with van der Waals surface area (Å²) >= 11 is 0. The van der Waals surface area contributed by atoms with Crippen molar-refractivity contribution in [2.24, 2.45) is 5.73 Å². The number of anilines is 1. The SMILES string of the molecule is C=C(O)C(N)Cc1ccc(OCCc2cccc(N)c2)cc1. The number of nitrogens with two attached hydrogens (primary N) is 2. The highest BCUT2D eigenvalue weighted by Crippen LogP contribution is 2.15. The third-order valence-electron chi connectivity index (χ3n) is 3.42. The molecule has 0 bridgehead atoms. The zero-order valence-corrected chi connectivity index (χ0v) is 12.5. The quantitative estimate of drug-likeness (QED) is 0.542. The van der Waals surface area contributed by atoms with Crippen molar-refractivity contribution in [2.75, 3.05) is 12.3 Å². The summed E-state index contributed by atoms with van der Waals surface area (Å²) < 4.78 is 5.72. The van der Waals surface area contributed by atoms with Crippen molar-refractivity contribution in [3.05, 3.63) is 72.0 Å². The largest absolute Gasteiger partial charge is 0.511 e. The minimum atomic E-state index is -0.435. The van der Waals surface area contributed by atoms with Crippen molar-refractivity contribution in [3.63, 3.8) is 0 Å². The highest BCUT2D eigenvalue weighted by Gasteiger charge is 2.06. The zero-order valence-electron chi connectivity index (χ0n) is 12.5. The second-order valence-corrected chi connectivity index (χ2v) is 5.29. The van der Waals surface area contributed by atoms with Gasteiger partial charge in [0, 0.05) is 12.1 Å². The summed E-state index contributed by atoms with van der Waals surface area (Å²) in [5.74, 6) is 0.812. The maximum absolute atomic E-state index is 9.23. The Kier molecular flexibility index (Phi) is 5.44. The molecule has 4 nitrogen and oxygen atoms in total. The summed E-state index contributed by atoms with van der Waals surface area (Å²) in [4.78, 5) is 0. The maximum atomic E-state index is 9.23. The second kappa shape index (κ2) is 7.52. The molecule has 0 aliphatic rings. The van der Waals surface area contributed by atoms with Crippen LogP contribution in [0.15, 0.2) is 60.9 Å². The van der Waals surface area contributed by atoms with Crippen LogP contribution in [0.3, 0.4) is 0 Å². The molecule has 1 atom stereocenters. The molecule has 0 aromatic heterocycles. The summed E-state index contributed by atoms with van der Waals surface area (Å²) in [6.07, 6.45) is 1.36. The van der Waals surface area contributed by atoms with E-state index in [1.165, 1.54) is 0 Å². The lowest BCUT2D eigenvalue weighted by molar-refractivity contribution is 0.322. The van der Waals surface area contributed by atoms with E-state index in [1.807, 2.05) is 48.5 Å². The minimum Gasteiger partial charge on any atom is -0.511 e. The molecule has 4 heteroatoms. The van der Waals surface area contributed by atoms with Crippen molar-refractivity contribution < 1.29 is 9.84 Å². The molecule has 0 aliphatic heterocycles. The smallest absolute Gasteiger partial charge is 0.119 e. The van der Waals surface area contributed by atoms with Crippen molar-refractivity contribution in [2.45, 2.75) is 18.9 Å². The van der Waals surface area contributed by atoms with E-state index >= 15 is 0 Å². The Labute approximate surface area is 131 Å². The standard InChI is InChI=1S/C18H22N2O2/c1-13(21)18(20)12-15-5-7-17(8-6-15)22-10-9-14-3-2-4-16(19)11-14/h2-8,11,18,21H,1,9-10,12,19-20H2. The van der Waals surface area contributed by atoms with Gasteiger partial charge in [-0.2, -0.15) is 0 Å². The van der Waals surface area contributed by atoms with Crippen LogP contribution in [-0.2, 0) is 12.8 Å². The number of ether oxygens (including phenoxy) is 1. The first-order chi connectivity index (χ1) is 10.5. The average molecular weight is 298 g/mol. The Bertz CT molecular complexity index is 623. The molecule has 0 aliphatic carbocycles. The van der Waals surface area contributed by atoms with Gasteiger partial charge >= 0.3 is 0 Å². The monoisotopic (exact) mass is 298 g/mol. The Morgan fingerprint density at radius 2 is 1.86 bits per heavy atom. The van der Waals surface area contributed by atoms with Gasteiger partial charge in [0.25, 0.3) is 0 Å². The van der Waals surface area contributed by atoms with Gasteiger partial charge in [-0.3, -0.25) is 0 Å². The molecule has 22 heavy (non-hydrogen) atoms. The van der Waals surface area contributed by atoms with E-state index in [0.29, 0.717) is 13.0 Å². The third kappa shape index (κ3) is 4.82. The highest BCUT2D eigenvalue weighted by atomic mass is 16.5. The second-order valence-electron chi connectivity index (χ2n) is 5.29. The highest BCUT2D eigenvalue weighted by molar-refractivity contribution is 5.40. The molecule has 2 aromatic rings. The lowest BCUT2D eigenvalue weighted by Gasteiger charge is -2.11. The number of benzene rings is 2. The van der Waals surface area contributed by atoms with E-state index in [-0.39, 0.29) is 5.76 Å². The van der Waals surface area contributed by atoms with Crippen LogP contribution in [0.2, 0.25) is 0 Å². The van der Waals surface area contributed by atoms with Crippen molar-refractivity contribution in [1.29, 1.82) is 0 Å². The van der Waals surface area contributed by atoms with Crippen LogP contribution in [0.25, 0.3) is 0 Å². The van der Waals surface area contributed by atoms with E-state index in [2.05, 4.69) is 6.58 Å². The summed E-state index contributed by atoms with van der Waals surface area (Å²) in [5.41, 5.74) is 14.5. The molecule has 5 N–H and O–H groups in total. The van der Waals surface area contributed by atoms with E-state index in [0.717, 1.165) is 29.0 Å². The van der Waals surface area contributed by atoms with Crippen LogP contribution in [0.5, 0.6) is 5.75 Å². The van der Waals surface area contributed by atoms with Gasteiger partial charge < -0.3 is 21.3 Å². The molecule has 2 aromatic carbocycles. The predicted molar refractivity (Wildman–Crippen MR) is 89.9 cm³/mol. The molecule has 0 heterocycles. The molecular weight excluding hydrogens is 276 g/mol. The van der Waals surface area contributed by atoms with Gasteiger partial charge in [0.15, 0.2) is 0 Å². The van der Waals surface area contributed by atoms with Gasteiger partial charge in [-0.1, -0.05) is 30.8 Å².